The quantitative estimate of drug-likeness (QED) is 0.159. The van der Waals surface area contributed by atoms with E-state index in [1.807, 2.05) is 0 Å². The summed E-state index contributed by atoms with van der Waals surface area (Å²) >= 11 is 0. The first-order chi connectivity index (χ1) is 23.7. The molecule has 6 aromatic carbocycles. The lowest BCUT2D eigenvalue weighted by atomic mass is 10.2. The molecular formula is C42H34N4O2+2. The van der Waals surface area contributed by atoms with E-state index in [4.69, 9.17) is 9.47 Å². The molecule has 0 bridgehead atoms. The van der Waals surface area contributed by atoms with E-state index in [2.05, 4.69) is 177 Å². The summed E-state index contributed by atoms with van der Waals surface area (Å²) in [7, 11) is 0. The van der Waals surface area contributed by atoms with E-state index in [9.17, 15) is 0 Å². The maximum absolute atomic E-state index is 6.69. The van der Waals surface area contributed by atoms with E-state index in [0.29, 0.717) is 23.0 Å². The number of fused-ring (bicyclic) bond motifs is 4. The predicted molar refractivity (Wildman–Crippen MR) is 187 cm³/mol. The van der Waals surface area contributed by atoms with Gasteiger partial charge in [0, 0.05) is 24.3 Å². The van der Waals surface area contributed by atoms with Gasteiger partial charge in [-0.15, -0.1) is 0 Å². The van der Waals surface area contributed by atoms with Crippen LogP contribution in [0.2, 0.25) is 0 Å². The summed E-state index contributed by atoms with van der Waals surface area (Å²) in [6.45, 7) is 3.02. The number of benzene rings is 6. The van der Waals surface area contributed by atoms with E-state index in [1.165, 1.54) is 22.3 Å². The summed E-state index contributed by atoms with van der Waals surface area (Å²) in [5, 5.41) is 0. The van der Waals surface area contributed by atoms with E-state index in [0.717, 1.165) is 48.2 Å². The Kier molecular flexibility index (Phi) is 6.97. The lowest BCUT2D eigenvalue weighted by Crippen LogP contribution is -2.33. The highest BCUT2D eigenvalue weighted by Gasteiger charge is 2.28. The summed E-state index contributed by atoms with van der Waals surface area (Å²) in [4.78, 5) is 0. The van der Waals surface area contributed by atoms with Crippen LogP contribution in [0.15, 0.2) is 158 Å². The Morgan fingerprint density at radius 2 is 0.729 bits per heavy atom. The van der Waals surface area contributed by atoms with E-state index in [-0.39, 0.29) is 0 Å². The Labute approximate surface area is 278 Å². The zero-order chi connectivity index (χ0) is 31.9. The monoisotopic (exact) mass is 626 g/mol. The lowest BCUT2D eigenvalue weighted by molar-refractivity contribution is -0.663. The van der Waals surface area contributed by atoms with Crippen molar-refractivity contribution >= 4 is 22.1 Å². The van der Waals surface area contributed by atoms with Gasteiger partial charge in [-0.25, -0.2) is 18.3 Å². The van der Waals surface area contributed by atoms with Crippen LogP contribution in [0, 0.1) is 0 Å². The third-order valence-corrected chi connectivity index (χ3v) is 9.10. The molecule has 0 saturated carbocycles. The Morgan fingerprint density at radius 1 is 0.396 bits per heavy atom. The van der Waals surface area contributed by atoms with Gasteiger partial charge in [0.2, 0.25) is 12.7 Å². The molecule has 0 unspecified atom stereocenters. The minimum atomic E-state index is 0.715. The molecule has 2 aromatic heterocycles. The summed E-state index contributed by atoms with van der Waals surface area (Å²) < 4.78 is 22.6. The van der Waals surface area contributed by atoms with Crippen molar-refractivity contribution in [3.05, 3.63) is 181 Å². The molecule has 0 spiro atoms. The van der Waals surface area contributed by atoms with Gasteiger partial charge in [0.25, 0.3) is 0 Å². The number of imidazole rings is 2. The second-order valence-electron chi connectivity index (χ2n) is 12.5. The van der Waals surface area contributed by atoms with Crippen LogP contribution in [0.3, 0.4) is 0 Å². The maximum atomic E-state index is 6.69. The maximum Gasteiger partial charge on any atom is 0.245 e. The van der Waals surface area contributed by atoms with Crippen molar-refractivity contribution < 1.29 is 18.6 Å². The molecule has 0 saturated heterocycles. The molecule has 1 aliphatic heterocycles. The fraction of sp³-hybridized carbons (Fsp3) is 0.0952. The Hall–Kier alpha value is -6.14. The van der Waals surface area contributed by atoms with Crippen molar-refractivity contribution in [2.45, 2.75) is 26.2 Å². The normalized spacial score (nSPS) is 12.0. The van der Waals surface area contributed by atoms with Gasteiger partial charge in [0.1, 0.15) is 26.2 Å². The Morgan fingerprint density at radius 3 is 1.10 bits per heavy atom. The SMILES string of the molecule is c1ccc(Cn2c[n+](Cc3ccccc3)c3cc4c(cc32)Oc2cc3c(cc2O4)[n+](Cc2ccccc2)cn3Cc2ccccc2)cc1. The Balaban J connectivity index is 1.14. The van der Waals surface area contributed by atoms with Crippen LogP contribution in [0.25, 0.3) is 22.1 Å². The zero-order valence-electron chi connectivity index (χ0n) is 26.4. The van der Waals surface area contributed by atoms with Gasteiger partial charge >= 0.3 is 0 Å². The molecule has 1 aliphatic rings. The van der Waals surface area contributed by atoms with Crippen LogP contribution in [0.4, 0.5) is 0 Å². The van der Waals surface area contributed by atoms with Crippen molar-refractivity contribution in [3.63, 3.8) is 0 Å². The molecule has 6 heteroatoms. The molecule has 232 valence electrons. The van der Waals surface area contributed by atoms with Crippen molar-refractivity contribution in [2.75, 3.05) is 0 Å². The topological polar surface area (TPSA) is 36.1 Å². The fourth-order valence-electron chi connectivity index (χ4n) is 6.76. The molecule has 9 rings (SSSR count). The molecule has 0 N–H and O–H groups in total. The molecular weight excluding hydrogens is 592 g/mol. The van der Waals surface area contributed by atoms with Crippen molar-refractivity contribution in [1.82, 2.24) is 9.13 Å². The Bertz CT molecular complexity index is 2050. The molecule has 0 aliphatic carbocycles. The van der Waals surface area contributed by atoms with Crippen molar-refractivity contribution in [1.29, 1.82) is 0 Å². The number of hydrogen-bond acceptors (Lipinski definition) is 2. The molecule has 0 fully saturated rings. The molecule has 8 aromatic rings. The fourth-order valence-corrected chi connectivity index (χ4v) is 6.76. The third-order valence-electron chi connectivity index (χ3n) is 9.10. The zero-order valence-corrected chi connectivity index (χ0v) is 26.4. The summed E-state index contributed by atoms with van der Waals surface area (Å²) in [6, 6.07) is 50.8. The average Bonchev–Trinajstić information content (AvgIpc) is 3.62. The van der Waals surface area contributed by atoms with Gasteiger partial charge in [-0.05, 0) is 22.3 Å². The van der Waals surface area contributed by atoms with Crippen LogP contribution in [-0.4, -0.2) is 9.13 Å². The highest BCUT2D eigenvalue weighted by atomic mass is 16.6. The average molecular weight is 627 g/mol. The van der Waals surface area contributed by atoms with Crippen LogP contribution in [-0.2, 0) is 26.2 Å². The van der Waals surface area contributed by atoms with E-state index in [1.54, 1.807) is 0 Å². The van der Waals surface area contributed by atoms with Crippen molar-refractivity contribution in [2.24, 2.45) is 0 Å². The molecule has 48 heavy (non-hydrogen) atoms. The largest absolute Gasteiger partial charge is 0.449 e. The third kappa shape index (κ3) is 5.37. The number of ether oxygens (including phenoxy) is 2. The van der Waals surface area contributed by atoms with Gasteiger partial charge in [-0.1, -0.05) is 121 Å². The lowest BCUT2D eigenvalue weighted by Gasteiger charge is -2.20. The first kappa shape index (κ1) is 28.1. The van der Waals surface area contributed by atoms with Gasteiger partial charge in [0.05, 0.1) is 0 Å². The standard InChI is InChI=1S/C42H34N4O2/c1-5-13-31(14-6-1)25-43-29-44(26-32-15-7-2-8-16-32)36-22-40-39(21-35(36)43)47-41-23-37-38(24-42(41)48-40)46(28-34-19-11-4-12-20-34)30-45(37)27-33-17-9-3-10-18-33/h1-24,29-30H,25-28H2/q+2. The first-order valence-corrected chi connectivity index (χ1v) is 16.4. The number of hydrogen-bond donors (Lipinski definition) is 0. The van der Waals surface area contributed by atoms with E-state index < -0.39 is 0 Å². The molecule has 0 radical (unpaired) electrons. The first-order valence-electron chi connectivity index (χ1n) is 16.4. The minimum Gasteiger partial charge on any atom is -0.449 e. The smallest absolute Gasteiger partial charge is 0.245 e. The highest BCUT2D eigenvalue weighted by molar-refractivity contribution is 5.82. The summed E-state index contributed by atoms with van der Waals surface area (Å²) in [5.41, 5.74) is 9.34. The minimum absolute atomic E-state index is 0.715. The second-order valence-corrected chi connectivity index (χ2v) is 12.5. The molecule has 0 amide bonds. The number of nitrogens with zero attached hydrogens (tertiary/aromatic N) is 4. The highest BCUT2D eigenvalue weighted by Crippen LogP contribution is 2.47. The molecule has 3 heterocycles. The molecule has 0 atom stereocenters. The number of rotatable bonds is 8. The number of aromatic nitrogens is 4. The van der Waals surface area contributed by atoms with Crippen LogP contribution in [0.1, 0.15) is 22.3 Å². The molecule has 6 nitrogen and oxygen atoms in total. The van der Waals surface area contributed by atoms with Crippen LogP contribution in [0.5, 0.6) is 23.0 Å². The van der Waals surface area contributed by atoms with Gasteiger partial charge in [-0.3, -0.25) is 0 Å². The summed E-state index contributed by atoms with van der Waals surface area (Å²) in [5.74, 6) is 2.86. The van der Waals surface area contributed by atoms with Crippen LogP contribution < -0.4 is 18.6 Å². The van der Waals surface area contributed by atoms with Gasteiger partial charge in [-0.2, -0.15) is 0 Å². The van der Waals surface area contributed by atoms with Gasteiger partial charge < -0.3 is 9.47 Å². The second kappa shape index (κ2) is 11.9. The van der Waals surface area contributed by atoms with Crippen LogP contribution >= 0.6 is 0 Å². The predicted octanol–water partition coefficient (Wildman–Crippen LogP) is 8.26. The van der Waals surface area contributed by atoms with Gasteiger partial charge in [0.15, 0.2) is 45.1 Å². The van der Waals surface area contributed by atoms with E-state index >= 15 is 0 Å². The summed E-state index contributed by atoms with van der Waals surface area (Å²) in [6.07, 6.45) is 4.41. The van der Waals surface area contributed by atoms with Crippen molar-refractivity contribution in [3.8, 4) is 23.0 Å².